The molecule has 0 bridgehead atoms. The van der Waals surface area contributed by atoms with Crippen LogP contribution in [0.1, 0.15) is 5.56 Å². The number of hydrogen-bond donors (Lipinski definition) is 1. The van der Waals surface area contributed by atoms with Crippen LogP contribution in [0.25, 0.3) is 0 Å². The topological polar surface area (TPSA) is 43.1 Å². The summed E-state index contributed by atoms with van der Waals surface area (Å²) in [5.41, 5.74) is 5.75. The van der Waals surface area contributed by atoms with Gasteiger partial charge in [0.15, 0.2) is 0 Å². The van der Waals surface area contributed by atoms with Crippen LogP contribution in [-0.2, 0) is 11.2 Å². The van der Waals surface area contributed by atoms with Crippen LogP contribution >= 0.6 is 34.8 Å². The third-order valence-electron chi connectivity index (χ3n) is 1.74. The maximum absolute atomic E-state index is 10.7. The number of alkyl halides is 1. The van der Waals surface area contributed by atoms with E-state index in [0.717, 1.165) is 5.56 Å². The molecule has 1 rings (SSSR count). The van der Waals surface area contributed by atoms with Gasteiger partial charge < -0.3 is 5.73 Å². The van der Waals surface area contributed by atoms with E-state index in [2.05, 4.69) is 0 Å². The van der Waals surface area contributed by atoms with E-state index in [1.165, 1.54) is 0 Å². The van der Waals surface area contributed by atoms with Crippen molar-refractivity contribution in [2.45, 2.75) is 11.8 Å². The van der Waals surface area contributed by atoms with E-state index >= 15 is 0 Å². The van der Waals surface area contributed by atoms with E-state index in [1.807, 2.05) is 0 Å². The van der Waals surface area contributed by atoms with E-state index < -0.39 is 11.3 Å². The van der Waals surface area contributed by atoms with Crippen LogP contribution in [0.2, 0.25) is 10.0 Å². The van der Waals surface area contributed by atoms with Gasteiger partial charge >= 0.3 is 0 Å². The Kier molecular flexibility index (Phi) is 4.05. The highest BCUT2D eigenvalue weighted by Crippen LogP contribution is 2.26. The van der Waals surface area contributed by atoms with Gasteiger partial charge in [-0.25, -0.2) is 0 Å². The van der Waals surface area contributed by atoms with Crippen molar-refractivity contribution in [2.24, 2.45) is 5.73 Å². The lowest BCUT2D eigenvalue weighted by Crippen LogP contribution is -2.25. The molecule has 76 valence electrons. The molecule has 0 aliphatic carbocycles. The number of nitrogens with two attached hydrogens (primary N) is 1. The van der Waals surface area contributed by atoms with Gasteiger partial charge in [-0.15, -0.1) is 11.6 Å². The number of carbonyl (C=O) groups excluding carboxylic acids is 1. The largest absolute Gasteiger partial charge is 0.368 e. The van der Waals surface area contributed by atoms with Gasteiger partial charge in [-0.1, -0.05) is 35.3 Å². The third kappa shape index (κ3) is 2.77. The van der Waals surface area contributed by atoms with Crippen LogP contribution < -0.4 is 5.73 Å². The molecule has 1 atom stereocenters. The van der Waals surface area contributed by atoms with Crippen molar-refractivity contribution in [3.63, 3.8) is 0 Å². The Labute approximate surface area is 96.9 Å². The summed E-state index contributed by atoms with van der Waals surface area (Å²) >= 11 is 17.4. The van der Waals surface area contributed by atoms with Gasteiger partial charge in [0.05, 0.1) is 10.0 Å². The molecule has 0 fully saturated rings. The predicted molar refractivity (Wildman–Crippen MR) is 59.0 cm³/mol. The maximum atomic E-state index is 10.7. The van der Waals surface area contributed by atoms with Crippen molar-refractivity contribution >= 4 is 40.7 Å². The molecule has 2 nitrogen and oxygen atoms in total. The van der Waals surface area contributed by atoms with Gasteiger partial charge in [0.2, 0.25) is 5.91 Å². The molecule has 0 saturated heterocycles. The van der Waals surface area contributed by atoms with E-state index in [0.29, 0.717) is 10.0 Å². The van der Waals surface area contributed by atoms with Crippen LogP contribution in [0.15, 0.2) is 18.2 Å². The summed E-state index contributed by atoms with van der Waals surface area (Å²) in [6.07, 6.45) is 0.288. The lowest BCUT2D eigenvalue weighted by Gasteiger charge is -2.07. The van der Waals surface area contributed by atoms with E-state index in [4.69, 9.17) is 40.5 Å². The monoisotopic (exact) mass is 251 g/mol. The molecular formula is C9H8Cl3NO. The third-order valence-corrected chi connectivity index (χ3v) is 2.97. The summed E-state index contributed by atoms with van der Waals surface area (Å²) in [5, 5.41) is 0.101. The molecule has 5 heteroatoms. The van der Waals surface area contributed by atoms with Crippen LogP contribution in [0.5, 0.6) is 0 Å². The van der Waals surface area contributed by atoms with Crippen LogP contribution in [-0.4, -0.2) is 11.3 Å². The van der Waals surface area contributed by atoms with Gasteiger partial charge in [-0.2, -0.15) is 0 Å². The zero-order valence-corrected chi connectivity index (χ0v) is 9.40. The Morgan fingerprint density at radius 1 is 1.43 bits per heavy atom. The lowest BCUT2D eigenvalue weighted by atomic mass is 10.1. The fourth-order valence-electron chi connectivity index (χ4n) is 1.000. The van der Waals surface area contributed by atoms with Crippen LogP contribution in [0.4, 0.5) is 0 Å². The van der Waals surface area contributed by atoms with Crippen LogP contribution in [0, 0.1) is 0 Å². The molecule has 0 aliphatic rings. The molecule has 2 N–H and O–H groups in total. The lowest BCUT2D eigenvalue weighted by molar-refractivity contribution is -0.117. The van der Waals surface area contributed by atoms with E-state index in [9.17, 15) is 4.79 Å². The first kappa shape index (κ1) is 11.6. The summed E-state index contributed by atoms with van der Waals surface area (Å²) in [7, 11) is 0. The first-order chi connectivity index (χ1) is 6.52. The highest BCUT2D eigenvalue weighted by Gasteiger charge is 2.14. The molecule has 1 unspecified atom stereocenters. The zero-order chi connectivity index (χ0) is 10.7. The Hall–Kier alpha value is -0.440. The Morgan fingerprint density at radius 2 is 2.07 bits per heavy atom. The van der Waals surface area contributed by atoms with Gasteiger partial charge in [0.25, 0.3) is 0 Å². The number of carbonyl (C=O) groups is 1. The summed E-state index contributed by atoms with van der Waals surface area (Å²) < 4.78 is 0. The maximum Gasteiger partial charge on any atom is 0.235 e. The molecule has 14 heavy (non-hydrogen) atoms. The Balaban J connectivity index is 2.87. The average molecular weight is 253 g/mol. The second-order valence-corrected chi connectivity index (χ2v) is 4.10. The number of halogens is 3. The van der Waals surface area contributed by atoms with Crippen molar-refractivity contribution in [3.8, 4) is 0 Å². The summed E-state index contributed by atoms with van der Waals surface area (Å²) in [6.45, 7) is 0. The second kappa shape index (κ2) is 4.87. The highest BCUT2D eigenvalue weighted by atomic mass is 35.5. The minimum atomic E-state index is -0.758. The highest BCUT2D eigenvalue weighted by molar-refractivity contribution is 6.42. The first-order valence-electron chi connectivity index (χ1n) is 3.88. The molecular weight excluding hydrogens is 244 g/mol. The summed E-state index contributed by atoms with van der Waals surface area (Å²) in [5.74, 6) is -0.567. The first-order valence-corrected chi connectivity index (χ1v) is 5.08. The Morgan fingerprint density at radius 3 is 2.64 bits per heavy atom. The SMILES string of the molecule is NC(=O)C(Cl)Cc1cccc(Cl)c1Cl. The molecule has 0 heterocycles. The molecule has 0 aliphatic heterocycles. The van der Waals surface area contributed by atoms with Gasteiger partial charge in [0.1, 0.15) is 5.38 Å². The minimum absolute atomic E-state index is 0.288. The number of benzene rings is 1. The van der Waals surface area contributed by atoms with Gasteiger partial charge in [-0.3, -0.25) is 4.79 Å². The number of amides is 1. The Bertz CT molecular complexity index is 354. The fraction of sp³-hybridized carbons (Fsp3) is 0.222. The number of primary amides is 1. The van der Waals surface area contributed by atoms with Crippen molar-refractivity contribution in [3.05, 3.63) is 33.8 Å². The number of rotatable bonds is 3. The van der Waals surface area contributed by atoms with Crippen molar-refractivity contribution < 1.29 is 4.79 Å². The van der Waals surface area contributed by atoms with Gasteiger partial charge in [0, 0.05) is 0 Å². The fourth-order valence-corrected chi connectivity index (χ4v) is 1.56. The van der Waals surface area contributed by atoms with Crippen molar-refractivity contribution in [1.82, 2.24) is 0 Å². The standard InChI is InChI=1S/C9H8Cl3NO/c10-6-3-1-2-5(8(6)12)4-7(11)9(13)14/h1-3,7H,4H2,(H2,13,14). The average Bonchev–Trinajstić information content (AvgIpc) is 2.12. The molecule has 1 aromatic rings. The smallest absolute Gasteiger partial charge is 0.235 e. The van der Waals surface area contributed by atoms with Crippen molar-refractivity contribution in [1.29, 1.82) is 0 Å². The molecule has 0 aromatic heterocycles. The predicted octanol–water partition coefficient (Wildman–Crippen LogP) is 2.63. The van der Waals surface area contributed by atoms with Crippen molar-refractivity contribution in [2.75, 3.05) is 0 Å². The summed E-state index contributed by atoms with van der Waals surface area (Å²) in [4.78, 5) is 10.7. The van der Waals surface area contributed by atoms with Crippen LogP contribution in [0.3, 0.4) is 0 Å². The molecule has 1 aromatic carbocycles. The van der Waals surface area contributed by atoms with Gasteiger partial charge in [-0.05, 0) is 18.1 Å². The summed E-state index contributed by atoms with van der Waals surface area (Å²) in [6, 6.07) is 5.17. The number of hydrogen-bond acceptors (Lipinski definition) is 1. The zero-order valence-electron chi connectivity index (χ0n) is 7.14. The van der Waals surface area contributed by atoms with E-state index in [-0.39, 0.29) is 6.42 Å². The normalized spacial score (nSPS) is 12.5. The van der Waals surface area contributed by atoms with E-state index in [1.54, 1.807) is 18.2 Å². The molecule has 1 amide bonds. The second-order valence-electron chi connectivity index (χ2n) is 2.79. The molecule has 0 radical (unpaired) electrons. The molecule has 0 saturated carbocycles. The minimum Gasteiger partial charge on any atom is -0.368 e. The molecule has 0 spiro atoms. The quantitative estimate of drug-likeness (QED) is 0.826.